The zero-order valence-corrected chi connectivity index (χ0v) is 21.3. The molecular weight excluding hydrogens is 456 g/mol. The van der Waals surface area contributed by atoms with Gasteiger partial charge in [0.1, 0.15) is 24.7 Å². The summed E-state index contributed by atoms with van der Waals surface area (Å²) in [5.74, 6) is 1.73. The quantitative estimate of drug-likeness (QED) is 0.225. The van der Waals surface area contributed by atoms with Crippen LogP contribution in [0, 0.1) is 20.8 Å². The highest BCUT2D eigenvalue weighted by atomic mass is 16.5. The molecule has 1 aromatic heterocycles. The van der Waals surface area contributed by atoms with E-state index in [9.17, 15) is 0 Å². The summed E-state index contributed by atoms with van der Waals surface area (Å²) in [6.07, 6.45) is 1.84. The molecule has 0 bridgehead atoms. The van der Waals surface area contributed by atoms with Crippen molar-refractivity contribution in [2.24, 2.45) is 0 Å². The number of aromatic nitrogens is 2. The van der Waals surface area contributed by atoms with Gasteiger partial charge < -0.3 is 9.47 Å². The van der Waals surface area contributed by atoms with Crippen LogP contribution in [0.2, 0.25) is 0 Å². The highest BCUT2D eigenvalue weighted by Crippen LogP contribution is 2.35. The lowest BCUT2D eigenvalue weighted by Gasteiger charge is -2.13. The third-order valence-corrected chi connectivity index (χ3v) is 6.71. The molecule has 6 rings (SSSR count). The van der Waals surface area contributed by atoms with Gasteiger partial charge in [0, 0.05) is 17.0 Å². The molecule has 37 heavy (non-hydrogen) atoms. The molecule has 0 amide bonds. The predicted octanol–water partition coefficient (Wildman–Crippen LogP) is 8.02. The van der Waals surface area contributed by atoms with Crippen LogP contribution in [-0.2, 0) is 13.2 Å². The Morgan fingerprint density at radius 3 is 1.54 bits per heavy atom. The average molecular weight is 485 g/mol. The molecule has 0 saturated carbocycles. The molecule has 0 fully saturated rings. The first kappa shape index (κ1) is 23.0. The molecule has 4 heteroatoms. The number of ether oxygens (including phenoxy) is 2. The van der Waals surface area contributed by atoms with Crippen LogP contribution in [0.1, 0.15) is 27.9 Å². The highest BCUT2D eigenvalue weighted by molar-refractivity contribution is 6.23. The van der Waals surface area contributed by atoms with E-state index in [1.165, 1.54) is 11.1 Å². The number of fused-ring (bicyclic) bond motifs is 6. The number of aryl methyl sites for hydroxylation is 3. The van der Waals surface area contributed by atoms with Gasteiger partial charge in [0.2, 0.25) is 0 Å². The minimum atomic E-state index is 0.494. The summed E-state index contributed by atoms with van der Waals surface area (Å²) in [5.41, 5.74) is 7.40. The van der Waals surface area contributed by atoms with E-state index in [1.54, 1.807) is 0 Å². The second-order valence-electron chi connectivity index (χ2n) is 9.67. The van der Waals surface area contributed by atoms with E-state index in [4.69, 9.17) is 19.4 Å². The van der Waals surface area contributed by atoms with E-state index >= 15 is 0 Å². The van der Waals surface area contributed by atoms with Crippen molar-refractivity contribution in [3.05, 3.63) is 119 Å². The van der Waals surface area contributed by atoms with Gasteiger partial charge in [0.25, 0.3) is 0 Å². The van der Waals surface area contributed by atoms with Crippen molar-refractivity contribution in [1.29, 1.82) is 0 Å². The minimum Gasteiger partial charge on any atom is -0.489 e. The first-order valence-corrected chi connectivity index (χ1v) is 12.5. The second kappa shape index (κ2) is 9.55. The van der Waals surface area contributed by atoms with Crippen LogP contribution in [0.4, 0.5) is 0 Å². The minimum absolute atomic E-state index is 0.494. The number of rotatable bonds is 6. The standard InChI is InChI=1S/C33H28N2O2/c1-21-4-10-26(11-5-21)36-19-24-8-14-28-30(16-24)31-17-25(20-37-27-12-6-22(2)7-13-27)9-15-29(31)33-32(28)34-18-23(3)35-33/h4-18H,19-20H2,1-3H3. The van der Waals surface area contributed by atoms with Gasteiger partial charge in [0.05, 0.1) is 16.7 Å². The highest BCUT2D eigenvalue weighted by Gasteiger charge is 2.13. The maximum absolute atomic E-state index is 6.09. The maximum Gasteiger partial charge on any atom is 0.119 e. The lowest BCUT2D eigenvalue weighted by atomic mass is 9.96. The fourth-order valence-corrected chi connectivity index (χ4v) is 4.69. The Labute approximate surface area is 216 Å². The molecule has 0 N–H and O–H groups in total. The van der Waals surface area contributed by atoms with Gasteiger partial charge in [-0.1, -0.05) is 59.7 Å². The Bertz CT molecular complexity index is 1740. The Morgan fingerprint density at radius 2 is 1.03 bits per heavy atom. The van der Waals surface area contributed by atoms with Gasteiger partial charge in [-0.3, -0.25) is 4.98 Å². The molecule has 0 unspecified atom stereocenters. The van der Waals surface area contributed by atoms with Crippen molar-refractivity contribution in [2.45, 2.75) is 34.0 Å². The second-order valence-corrected chi connectivity index (χ2v) is 9.67. The maximum atomic E-state index is 6.09. The summed E-state index contributed by atoms with van der Waals surface area (Å²) in [4.78, 5) is 9.65. The summed E-state index contributed by atoms with van der Waals surface area (Å²) in [7, 11) is 0. The monoisotopic (exact) mass is 484 g/mol. The van der Waals surface area contributed by atoms with Gasteiger partial charge in [-0.15, -0.1) is 0 Å². The SMILES string of the molecule is Cc1ccc(OCc2ccc3c(c2)c2cc(COc4ccc(C)cc4)ccc2c2nc(C)cnc32)cc1. The third-order valence-electron chi connectivity index (χ3n) is 6.71. The molecule has 0 aliphatic rings. The lowest BCUT2D eigenvalue weighted by Crippen LogP contribution is -1.98. The van der Waals surface area contributed by atoms with Crippen molar-refractivity contribution in [3.63, 3.8) is 0 Å². The van der Waals surface area contributed by atoms with E-state index in [-0.39, 0.29) is 0 Å². The molecule has 1 heterocycles. The van der Waals surface area contributed by atoms with Crippen molar-refractivity contribution in [3.8, 4) is 11.5 Å². The molecule has 0 atom stereocenters. The Kier molecular flexibility index (Phi) is 5.93. The fraction of sp³-hybridized carbons (Fsp3) is 0.152. The largest absolute Gasteiger partial charge is 0.489 e. The molecule has 182 valence electrons. The van der Waals surface area contributed by atoms with E-state index in [1.807, 2.05) is 37.4 Å². The van der Waals surface area contributed by atoms with Crippen LogP contribution < -0.4 is 9.47 Å². The molecule has 0 saturated heterocycles. The molecule has 0 aliphatic carbocycles. The average Bonchev–Trinajstić information content (AvgIpc) is 2.92. The molecule has 4 nitrogen and oxygen atoms in total. The number of hydrogen-bond donors (Lipinski definition) is 0. The molecule has 6 aromatic rings. The lowest BCUT2D eigenvalue weighted by molar-refractivity contribution is 0.306. The Hall–Kier alpha value is -4.44. The van der Waals surface area contributed by atoms with E-state index < -0.39 is 0 Å². The van der Waals surface area contributed by atoms with Crippen LogP contribution in [0.5, 0.6) is 11.5 Å². The van der Waals surface area contributed by atoms with Gasteiger partial charge in [0.15, 0.2) is 0 Å². The van der Waals surface area contributed by atoms with Crippen LogP contribution in [0.25, 0.3) is 32.6 Å². The van der Waals surface area contributed by atoms with Crippen LogP contribution in [-0.4, -0.2) is 9.97 Å². The smallest absolute Gasteiger partial charge is 0.119 e. The first-order chi connectivity index (χ1) is 18.0. The molecule has 0 aliphatic heterocycles. The number of benzene rings is 5. The van der Waals surface area contributed by atoms with Crippen molar-refractivity contribution in [1.82, 2.24) is 9.97 Å². The van der Waals surface area contributed by atoms with Crippen molar-refractivity contribution < 1.29 is 9.47 Å². The molecule has 5 aromatic carbocycles. The zero-order chi connectivity index (χ0) is 25.4. The van der Waals surface area contributed by atoms with E-state index in [0.29, 0.717) is 13.2 Å². The van der Waals surface area contributed by atoms with E-state index in [0.717, 1.165) is 60.9 Å². The van der Waals surface area contributed by atoms with Crippen molar-refractivity contribution >= 4 is 32.6 Å². The number of hydrogen-bond acceptors (Lipinski definition) is 4. The van der Waals surface area contributed by atoms with Crippen LogP contribution in [0.3, 0.4) is 0 Å². The van der Waals surface area contributed by atoms with E-state index in [2.05, 4.69) is 74.5 Å². The number of nitrogens with zero attached hydrogens (tertiary/aromatic N) is 2. The Balaban J connectivity index is 1.42. The zero-order valence-electron chi connectivity index (χ0n) is 21.3. The van der Waals surface area contributed by atoms with Crippen LogP contribution >= 0.6 is 0 Å². The summed E-state index contributed by atoms with van der Waals surface area (Å²) in [6.45, 7) is 7.13. The van der Waals surface area contributed by atoms with Gasteiger partial charge in [-0.05, 0) is 79.1 Å². The Morgan fingerprint density at radius 1 is 0.541 bits per heavy atom. The third kappa shape index (κ3) is 4.70. The normalized spacial score (nSPS) is 11.3. The summed E-state index contributed by atoms with van der Waals surface area (Å²) < 4.78 is 12.2. The summed E-state index contributed by atoms with van der Waals surface area (Å²) in [5, 5.41) is 4.47. The molecular formula is C33H28N2O2. The van der Waals surface area contributed by atoms with Crippen LogP contribution in [0.15, 0.2) is 91.1 Å². The summed E-state index contributed by atoms with van der Waals surface area (Å²) in [6, 6.07) is 29.3. The first-order valence-electron chi connectivity index (χ1n) is 12.5. The topological polar surface area (TPSA) is 44.2 Å². The van der Waals surface area contributed by atoms with Gasteiger partial charge >= 0.3 is 0 Å². The molecule has 0 spiro atoms. The molecule has 0 radical (unpaired) electrons. The predicted molar refractivity (Wildman–Crippen MR) is 150 cm³/mol. The summed E-state index contributed by atoms with van der Waals surface area (Å²) >= 11 is 0. The van der Waals surface area contributed by atoms with Crippen molar-refractivity contribution in [2.75, 3.05) is 0 Å². The van der Waals surface area contributed by atoms with Gasteiger partial charge in [-0.2, -0.15) is 0 Å². The van der Waals surface area contributed by atoms with Gasteiger partial charge in [-0.25, -0.2) is 4.98 Å². The fourth-order valence-electron chi connectivity index (χ4n) is 4.69.